The third kappa shape index (κ3) is 3.32. The Hall–Kier alpha value is -2.24. The van der Waals surface area contributed by atoms with E-state index in [0.29, 0.717) is 18.7 Å². The number of likely N-dealkylation sites (tertiary alicyclic amines) is 1. The van der Waals surface area contributed by atoms with E-state index in [2.05, 4.69) is 10.2 Å². The summed E-state index contributed by atoms with van der Waals surface area (Å²) >= 11 is 0. The van der Waals surface area contributed by atoms with Crippen molar-refractivity contribution >= 4 is 5.91 Å². The maximum Gasteiger partial charge on any atom is 0.250 e. The zero-order chi connectivity index (χ0) is 15.4. The van der Waals surface area contributed by atoms with Crippen molar-refractivity contribution in [1.82, 2.24) is 15.1 Å². The number of piperidine rings is 1. The Morgan fingerprint density at radius 3 is 2.73 bits per heavy atom. The number of carbonyl (C=O) groups excluding carboxylic acids is 1. The van der Waals surface area contributed by atoms with Gasteiger partial charge in [0.1, 0.15) is 5.82 Å². The summed E-state index contributed by atoms with van der Waals surface area (Å²) in [7, 11) is 0. The molecule has 1 aliphatic rings. The fourth-order valence-electron chi connectivity index (χ4n) is 2.61. The van der Waals surface area contributed by atoms with Crippen LogP contribution in [0.15, 0.2) is 28.7 Å². The lowest BCUT2D eigenvalue weighted by molar-refractivity contribution is -0.132. The fourth-order valence-corrected chi connectivity index (χ4v) is 2.61. The highest BCUT2D eigenvalue weighted by molar-refractivity contribution is 5.76. The van der Waals surface area contributed by atoms with Crippen molar-refractivity contribution in [1.29, 1.82) is 0 Å². The predicted molar refractivity (Wildman–Crippen MR) is 78.4 cm³/mol. The van der Waals surface area contributed by atoms with Gasteiger partial charge in [0, 0.05) is 25.9 Å². The van der Waals surface area contributed by atoms with Gasteiger partial charge in [-0.15, -0.1) is 10.2 Å². The Bertz CT molecular complexity index is 650. The highest BCUT2D eigenvalue weighted by Gasteiger charge is 2.18. The molecule has 1 aromatic heterocycles. The van der Waals surface area contributed by atoms with Crippen molar-refractivity contribution in [3.05, 3.63) is 36.0 Å². The Kier molecular flexibility index (Phi) is 4.46. The number of hydrogen-bond acceptors (Lipinski definition) is 4. The average molecular weight is 303 g/mol. The van der Waals surface area contributed by atoms with Crippen LogP contribution in [0.1, 0.15) is 31.6 Å². The highest BCUT2D eigenvalue weighted by Crippen LogP contribution is 2.21. The summed E-state index contributed by atoms with van der Waals surface area (Å²) in [5.74, 6) is 0.231. The average Bonchev–Trinajstić information content (AvgIpc) is 3.02. The predicted octanol–water partition coefficient (Wildman–Crippen LogP) is 2.82. The number of carbonyl (C=O) groups is 1. The molecule has 22 heavy (non-hydrogen) atoms. The fraction of sp³-hybridized carbons (Fsp3) is 0.438. The quantitative estimate of drug-likeness (QED) is 0.871. The lowest BCUT2D eigenvalue weighted by Gasteiger charge is -2.26. The molecule has 3 rings (SSSR count). The van der Waals surface area contributed by atoms with Gasteiger partial charge in [0.2, 0.25) is 11.8 Å². The van der Waals surface area contributed by atoms with Crippen LogP contribution >= 0.6 is 0 Å². The van der Waals surface area contributed by atoms with Crippen LogP contribution in [0.2, 0.25) is 0 Å². The molecule has 116 valence electrons. The van der Waals surface area contributed by atoms with E-state index in [1.165, 1.54) is 12.5 Å². The van der Waals surface area contributed by atoms with Gasteiger partial charge in [-0.2, -0.15) is 0 Å². The minimum Gasteiger partial charge on any atom is -0.421 e. The monoisotopic (exact) mass is 303 g/mol. The van der Waals surface area contributed by atoms with Crippen molar-refractivity contribution in [3.8, 4) is 11.5 Å². The SMILES string of the molecule is O=C(CCc1nnc(-c2ccccc2F)o1)N1CCCCC1. The zero-order valence-electron chi connectivity index (χ0n) is 12.3. The van der Waals surface area contributed by atoms with Gasteiger partial charge < -0.3 is 9.32 Å². The minimum absolute atomic E-state index is 0.116. The van der Waals surface area contributed by atoms with Gasteiger partial charge in [-0.3, -0.25) is 4.79 Å². The van der Waals surface area contributed by atoms with Crippen LogP contribution in [0, 0.1) is 5.82 Å². The number of rotatable bonds is 4. The van der Waals surface area contributed by atoms with Crippen molar-refractivity contribution in [2.24, 2.45) is 0 Å². The first-order valence-corrected chi connectivity index (χ1v) is 7.59. The van der Waals surface area contributed by atoms with Gasteiger partial charge in [0.05, 0.1) is 5.56 Å². The van der Waals surface area contributed by atoms with E-state index in [0.717, 1.165) is 25.9 Å². The van der Waals surface area contributed by atoms with Crippen LogP contribution in [0.25, 0.3) is 11.5 Å². The second-order valence-electron chi connectivity index (χ2n) is 5.42. The molecule has 1 fully saturated rings. The summed E-state index contributed by atoms with van der Waals surface area (Å²) < 4.78 is 19.1. The van der Waals surface area contributed by atoms with Gasteiger partial charge in [-0.05, 0) is 31.4 Å². The Labute approximate surface area is 128 Å². The molecular weight excluding hydrogens is 285 g/mol. The van der Waals surface area contributed by atoms with Gasteiger partial charge in [0.15, 0.2) is 0 Å². The maximum absolute atomic E-state index is 13.7. The van der Waals surface area contributed by atoms with Crippen molar-refractivity contribution in [3.63, 3.8) is 0 Å². The Balaban J connectivity index is 1.60. The number of amides is 1. The van der Waals surface area contributed by atoms with Gasteiger partial charge >= 0.3 is 0 Å². The van der Waals surface area contributed by atoms with E-state index in [-0.39, 0.29) is 17.4 Å². The van der Waals surface area contributed by atoms with Gasteiger partial charge in [0.25, 0.3) is 5.89 Å². The maximum atomic E-state index is 13.7. The molecule has 5 nitrogen and oxygen atoms in total. The Morgan fingerprint density at radius 1 is 1.18 bits per heavy atom. The molecule has 1 aromatic carbocycles. The number of benzene rings is 1. The summed E-state index contributed by atoms with van der Waals surface area (Å²) in [6, 6.07) is 6.25. The van der Waals surface area contributed by atoms with E-state index in [4.69, 9.17) is 4.42 Å². The van der Waals surface area contributed by atoms with Gasteiger partial charge in [-0.25, -0.2) is 4.39 Å². The molecule has 0 unspecified atom stereocenters. The lowest BCUT2D eigenvalue weighted by Crippen LogP contribution is -2.35. The molecule has 0 spiro atoms. The van der Waals surface area contributed by atoms with E-state index >= 15 is 0 Å². The molecular formula is C16H18FN3O2. The molecule has 0 N–H and O–H groups in total. The molecule has 2 aromatic rings. The number of halogens is 1. The number of nitrogens with zero attached hydrogens (tertiary/aromatic N) is 3. The molecule has 1 aliphatic heterocycles. The van der Waals surface area contributed by atoms with E-state index < -0.39 is 5.82 Å². The summed E-state index contributed by atoms with van der Waals surface area (Å²) in [6.45, 7) is 1.67. The molecule has 2 heterocycles. The second kappa shape index (κ2) is 6.68. The first-order chi connectivity index (χ1) is 10.7. The highest BCUT2D eigenvalue weighted by atomic mass is 19.1. The van der Waals surface area contributed by atoms with Crippen LogP contribution in [0.5, 0.6) is 0 Å². The van der Waals surface area contributed by atoms with E-state index in [9.17, 15) is 9.18 Å². The van der Waals surface area contributed by atoms with Crippen LogP contribution in [-0.2, 0) is 11.2 Å². The molecule has 1 saturated heterocycles. The molecule has 0 radical (unpaired) electrons. The third-order valence-electron chi connectivity index (χ3n) is 3.83. The zero-order valence-corrected chi connectivity index (χ0v) is 12.3. The van der Waals surface area contributed by atoms with Crippen LogP contribution in [-0.4, -0.2) is 34.1 Å². The first-order valence-electron chi connectivity index (χ1n) is 7.59. The van der Waals surface area contributed by atoms with Crippen LogP contribution in [0.4, 0.5) is 4.39 Å². The van der Waals surface area contributed by atoms with E-state index in [1.54, 1.807) is 18.2 Å². The summed E-state index contributed by atoms with van der Waals surface area (Å²) in [5.41, 5.74) is 0.281. The minimum atomic E-state index is -0.401. The first kappa shape index (κ1) is 14.7. The molecule has 0 atom stereocenters. The standard InChI is InChI=1S/C16H18FN3O2/c17-13-7-3-2-6-12(13)16-19-18-14(22-16)8-9-15(21)20-10-4-1-5-11-20/h2-3,6-7H,1,4-5,8-11H2. The summed E-state index contributed by atoms with van der Waals surface area (Å²) in [6.07, 6.45) is 4.07. The smallest absolute Gasteiger partial charge is 0.250 e. The molecule has 1 amide bonds. The van der Waals surface area contributed by atoms with Crippen molar-refractivity contribution in [2.75, 3.05) is 13.1 Å². The largest absolute Gasteiger partial charge is 0.421 e. The molecule has 0 bridgehead atoms. The summed E-state index contributed by atoms with van der Waals surface area (Å²) in [5, 5.41) is 7.75. The van der Waals surface area contributed by atoms with Crippen molar-refractivity contribution in [2.45, 2.75) is 32.1 Å². The Morgan fingerprint density at radius 2 is 1.95 bits per heavy atom. The van der Waals surface area contributed by atoms with Crippen molar-refractivity contribution < 1.29 is 13.6 Å². The lowest BCUT2D eigenvalue weighted by atomic mass is 10.1. The normalized spacial score (nSPS) is 15.0. The van der Waals surface area contributed by atoms with Crippen LogP contribution in [0.3, 0.4) is 0 Å². The number of aryl methyl sites for hydroxylation is 1. The molecule has 0 aliphatic carbocycles. The molecule has 6 heteroatoms. The van der Waals surface area contributed by atoms with Gasteiger partial charge in [-0.1, -0.05) is 12.1 Å². The van der Waals surface area contributed by atoms with E-state index in [1.807, 2.05) is 4.90 Å². The third-order valence-corrected chi connectivity index (χ3v) is 3.83. The molecule has 0 saturated carbocycles. The number of hydrogen-bond donors (Lipinski definition) is 0. The second-order valence-corrected chi connectivity index (χ2v) is 5.42. The summed E-state index contributed by atoms with van der Waals surface area (Å²) in [4.78, 5) is 14.0. The van der Waals surface area contributed by atoms with Crippen LogP contribution < -0.4 is 0 Å². The topological polar surface area (TPSA) is 59.2 Å². The number of aromatic nitrogens is 2.